The molecule has 178 valence electrons. The predicted molar refractivity (Wildman–Crippen MR) is 133 cm³/mol. The zero-order valence-electron chi connectivity index (χ0n) is 19.6. The van der Waals surface area contributed by atoms with Gasteiger partial charge in [-0.2, -0.15) is 0 Å². The van der Waals surface area contributed by atoms with E-state index in [-0.39, 0.29) is 18.8 Å². The van der Waals surface area contributed by atoms with Gasteiger partial charge in [0, 0.05) is 18.8 Å². The minimum absolute atomic E-state index is 0.0634. The Bertz CT molecular complexity index is 1160. The van der Waals surface area contributed by atoms with Crippen LogP contribution in [0.4, 0.5) is 0 Å². The summed E-state index contributed by atoms with van der Waals surface area (Å²) in [4.78, 5) is 38.7. The molecule has 1 N–H and O–H groups in total. The third-order valence-corrected chi connectivity index (χ3v) is 5.50. The van der Waals surface area contributed by atoms with E-state index in [0.717, 1.165) is 20.8 Å². The molecule has 7 nitrogen and oxygen atoms in total. The third-order valence-electron chi connectivity index (χ3n) is 5.50. The van der Waals surface area contributed by atoms with E-state index < -0.39 is 23.6 Å². The lowest BCUT2D eigenvalue weighted by molar-refractivity contribution is -0.141. The molecule has 34 heavy (non-hydrogen) atoms. The average Bonchev–Trinajstić information content (AvgIpc) is 3.17. The fourth-order valence-corrected chi connectivity index (χ4v) is 3.64. The smallest absolute Gasteiger partial charge is 0.347 e. The van der Waals surface area contributed by atoms with Crippen molar-refractivity contribution in [1.82, 2.24) is 9.24 Å². The molecule has 3 aromatic rings. The van der Waals surface area contributed by atoms with Crippen molar-refractivity contribution in [3.05, 3.63) is 101 Å². The molecule has 1 aromatic heterocycles. The molecular weight excluding hydrogens is 430 g/mol. The second-order valence-corrected chi connectivity index (χ2v) is 8.61. The number of carboxylic acid groups (broad SMARTS) is 1. The van der Waals surface area contributed by atoms with Crippen LogP contribution in [-0.4, -0.2) is 32.3 Å². The van der Waals surface area contributed by atoms with Gasteiger partial charge in [0.25, 0.3) is 0 Å². The standard InChI is InChI=1S/C27H31N3O4/c1-21(2)16-17-25(31)30(24(26(32)33)15-9-14-22-10-5-3-6-11-22)29-19-18-28(27(29)34)20-23-12-7-4-8-13-23/h3-14,18-19,21,24H,15-17,20H2,1-2H3,(H,32,33)/t24-/m0/s1. The van der Waals surface area contributed by atoms with E-state index in [1.165, 1.54) is 10.8 Å². The Labute approximate surface area is 199 Å². The zero-order valence-corrected chi connectivity index (χ0v) is 19.6. The largest absolute Gasteiger partial charge is 0.480 e. The summed E-state index contributed by atoms with van der Waals surface area (Å²) >= 11 is 0. The van der Waals surface area contributed by atoms with Crippen LogP contribution in [0.25, 0.3) is 6.08 Å². The number of aliphatic carboxylic acids is 1. The van der Waals surface area contributed by atoms with E-state index in [2.05, 4.69) is 0 Å². The minimum atomic E-state index is -1.22. The molecule has 1 heterocycles. The highest BCUT2D eigenvalue weighted by Gasteiger charge is 2.31. The minimum Gasteiger partial charge on any atom is -0.480 e. The number of carbonyl (C=O) groups is 2. The van der Waals surface area contributed by atoms with E-state index in [9.17, 15) is 19.5 Å². The van der Waals surface area contributed by atoms with Crippen molar-refractivity contribution < 1.29 is 14.7 Å². The van der Waals surface area contributed by atoms with Crippen LogP contribution < -0.4 is 10.7 Å². The summed E-state index contributed by atoms with van der Waals surface area (Å²) in [6.45, 7) is 4.32. The van der Waals surface area contributed by atoms with Gasteiger partial charge in [-0.05, 0) is 29.9 Å². The molecule has 7 heteroatoms. The molecule has 0 spiro atoms. The molecule has 0 unspecified atom stereocenters. The number of carbonyl (C=O) groups excluding carboxylic acids is 1. The topological polar surface area (TPSA) is 84.5 Å². The summed E-state index contributed by atoms with van der Waals surface area (Å²) in [6.07, 6.45) is 7.40. The van der Waals surface area contributed by atoms with Gasteiger partial charge >= 0.3 is 11.7 Å². The lowest BCUT2D eigenvalue weighted by Crippen LogP contribution is -2.55. The van der Waals surface area contributed by atoms with E-state index in [1.54, 1.807) is 12.3 Å². The van der Waals surface area contributed by atoms with Crippen LogP contribution in [0.2, 0.25) is 0 Å². The number of amides is 1. The predicted octanol–water partition coefficient (Wildman–Crippen LogP) is 4.16. The van der Waals surface area contributed by atoms with Crippen molar-refractivity contribution in [2.75, 3.05) is 5.01 Å². The number of imidazole rings is 1. The van der Waals surface area contributed by atoms with E-state index in [1.807, 2.05) is 80.6 Å². The maximum Gasteiger partial charge on any atom is 0.347 e. The van der Waals surface area contributed by atoms with Gasteiger partial charge in [0.05, 0.1) is 6.54 Å². The van der Waals surface area contributed by atoms with Gasteiger partial charge in [0.15, 0.2) is 6.04 Å². The maximum absolute atomic E-state index is 13.2. The van der Waals surface area contributed by atoms with Crippen LogP contribution in [0.1, 0.15) is 44.2 Å². The third kappa shape index (κ3) is 6.57. The molecule has 1 amide bonds. The van der Waals surface area contributed by atoms with Crippen LogP contribution in [0.15, 0.2) is 83.9 Å². The fourth-order valence-electron chi connectivity index (χ4n) is 3.64. The highest BCUT2D eigenvalue weighted by atomic mass is 16.4. The molecule has 0 bridgehead atoms. The summed E-state index contributed by atoms with van der Waals surface area (Å²) < 4.78 is 2.61. The normalized spacial score (nSPS) is 12.2. The lowest BCUT2D eigenvalue weighted by Gasteiger charge is -2.28. The summed E-state index contributed by atoms with van der Waals surface area (Å²) in [6, 6.07) is 17.8. The first-order valence-corrected chi connectivity index (χ1v) is 11.4. The summed E-state index contributed by atoms with van der Waals surface area (Å²) in [5.74, 6) is -1.29. The average molecular weight is 462 g/mol. The summed E-state index contributed by atoms with van der Waals surface area (Å²) in [5, 5.41) is 11.1. The van der Waals surface area contributed by atoms with Crippen molar-refractivity contribution in [2.45, 2.75) is 45.7 Å². The maximum atomic E-state index is 13.2. The zero-order chi connectivity index (χ0) is 24.5. The Kier molecular flexibility index (Phi) is 8.62. The molecule has 0 aliphatic carbocycles. The highest BCUT2D eigenvalue weighted by molar-refractivity contribution is 5.92. The van der Waals surface area contributed by atoms with Gasteiger partial charge in [-0.1, -0.05) is 86.7 Å². The molecule has 0 aliphatic heterocycles. The first-order valence-electron chi connectivity index (χ1n) is 11.4. The Hall–Kier alpha value is -3.87. The summed E-state index contributed by atoms with van der Waals surface area (Å²) in [7, 11) is 0. The first kappa shape index (κ1) is 24.8. The number of carboxylic acids is 1. The van der Waals surface area contributed by atoms with Crippen LogP contribution >= 0.6 is 0 Å². The van der Waals surface area contributed by atoms with Gasteiger partial charge in [-0.3, -0.25) is 9.36 Å². The molecule has 2 aromatic carbocycles. The first-order chi connectivity index (χ1) is 16.4. The van der Waals surface area contributed by atoms with Gasteiger partial charge < -0.3 is 5.11 Å². The van der Waals surface area contributed by atoms with Crippen molar-refractivity contribution in [1.29, 1.82) is 0 Å². The van der Waals surface area contributed by atoms with Crippen molar-refractivity contribution in [3.8, 4) is 0 Å². The number of aromatic nitrogens is 2. The summed E-state index contributed by atoms with van der Waals surface area (Å²) in [5.41, 5.74) is 1.40. The van der Waals surface area contributed by atoms with Crippen LogP contribution in [0.5, 0.6) is 0 Å². The van der Waals surface area contributed by atoms with E-state index >= 15 is 0 Å². The molecule has 0 saturated carbocycles. The second kappa shape index (κ2) is 11.8. The second-order valence-electron chi connectivity index (χ2n) is 8.61. The number of rotatable bonds is 11. The highest BCUT2D eigenvalue weighted by Crippen LogP contribution is 2.13. The number of nitrogens with zero attached hydrogens (tertiary/aromatic N) is 3. The van der Waals surface area contributed by atoms with Crippen LogP contribution in [0.3, 0.4) is 0 Å². The Morgan fingerprint density at radius 3 is 2.26 bits per heavy atom. The van der Waals surface area contributed by atoms with E-state index in [4.69, 9.17) is 0 Å². The van der Waals surface area contributed by atoms with Crippen molar-refractivity contribution in [3.63, 3.8) is 0 Å². The molecular formula is C27H31N3O4. The molecule has 1 atom stereocenters. The monoisotopic (exact) mass is 461 g/mol. The Morgan fingerprint density at radius 1 is 1.00 bits per heavy atom. The number of hydrogen-bond donors (Lipinski definition) is 1. The Morgan fingerprint density at radius 2 is 1.65 bits per heavy atom. The van der Waals surface area contributed by atoms with Crippen LogP contribution in [0, 0.1) is 5.92 Å². The number of hydrogen-bond acceptors (Lipinski definition) is 3. The molecule has 0 aliphatic rings. The molecule has 0 radical (unpaired) electrons. The van der Waals surface area contributed by atoms with Gasteiger partial charge in [-0.15, -0.1) is 0 Å². The SMILES string of the molecule is CC(C)CCC(=O)N([C@@H](CC=Cc1ccccc1)C(=O)O)n1ccn(Cc2ccccc2)c1=O. The van der Waals surface area contributed by atoms with Gasteiger partial charge in [0.1, 0.15) is 0 Å². The lowest BCUT2D eigenvalue weighted by atomic mass is 10.1. The quantitative estimate of drug-likeness (QED) is 0.465. The molecule has 3 rings (SSSR count). The molecule has 0 fully saturated rings. The van der Waals surface area contributed by atoms with Crippen molar-refractivity contribution >= 4 is 18.0 Å². The van der Waals surface area contributed by atoms with Crippen LogP contribution in [-0.2, 0) is 16.1 Å². The Balaban J connectivity index is 1.92. The number of benzene rings is 2. The van der Waals surface area contributed by atoms with Gasteiger partial charge in [-0.25, -0.2) is 19.3 Å². The van der Waals surface area contributed by atoms with E-state index in [0.29, 0.717) is 13.0 Å². The molecule has 0 saturated heterocycles. The van der Waals surface area contributed by atoms with Crippen molar-refractivity contribution in [2.24, 2.45) is 5.92 Å². The van der Waals surface area contributed by atoms with Gasteiger partial charge in [0.2, 0.25) is 5.91 Å². The fraction of sp³-hybridized carbons (Fsp3) is 0.296.